The fourth-order valence-corrected chi connectivity index (χ4v) is 3.45. The minimum Gasteiger partial charge on any atom is -0.459 e. The predicted octanol–water partition coefficient (Wildman–Crippen LogP) is 3.46. The number of anilines is 1. The van der Waals surface area contributed by atoms with Gasteiger partial charge in [-0.15, -0.1) is 0 Å². The van der Waals surface area contributed by atoms with E-state index in [4.69, 9.17) is 9.84 Å². The van der Waals surface area contributed by atoms with E-state index in [9.17, 15) is 27.9 Å². The number of rotatable bonds is 6. The van der Waals surface area contributed by atoms with Crippen LogP contribution in [-0.4, -0.2) is 41.5 Å². The number of hydrogen-bond donors (Lipinski definition) is 3. The van der Waals surface area contributed by atoms with Crippen LogP contribution in [0.15, 0.2) is 59.8 Å². The van der Waals surface area contributed by atoms with Gasteiger partial charge in [-0.25, -0.2) is 9.59 Å². The highest BCUT2D eigenvalue weighted by Gasteiger charge is 2.38. The number of carbonyl (C=O) groups excluding carboxylic acids is 2. The van der Waals surface area contributed by atoms with Gasteiger partial charge in [0.15, 0.2) is 0 Å². The molecule has 0 spiro atoms. The van der Waals surface area contributed by atoms with Crippen LogP contribution in [0.3, 0.4) is 0 Å². The van der Waals surface area contributed by atoms with Gasteiger partial charge in [-0.1, -0.05) is 35.9 Å². The molecule has 2 aromatic carbocycles. The van der Waals surface area contributed by atoms with Crippen LogP contribution in [0.1, 0.15) is 29.7 Å². The van der Waals surface area contributed by atoms with Crippen molar-refractivity contribution in [1.82, 2.24) is 5.32 Å². The molecule has 10 heteroatoms. The van der Waals surface area contributed by atoms with Gasteiger partial charge in [0, 0.05) is 5.70 Å². The number of alkyl halides is 3. The molecule has 0 radical (unpaired) electrons. The molecule has 1 aliphatic rings. The molecule has 0 aromatic heterocycles. The quantitative estimate of drug-likeness (QED) is 0.569. The second kappa shape index (κ2) is 9.63. The van der Waals surface area contributed by atoms with Gasteiger partial charge < -0.3 is 20.3 Å². The van der Waals surface area contributed by atoms with Crippen molar-refractivity contribution in [2.24, 2.45) is 0 Å². The normalized spacial score (nSPS) is 17.6. The summed E-state index contributed by atoms with van der Waals surface area (Å²) in [7, 11) is 0. The molecule has 0 aliphatic carbocycles. The van der Waals surface area contributed by atoms with E-state index >= 15 is 0 Å². The fraction of sp³-hybridized carbons (Fsp3) is 0.304. The van der Waals surface area contributed by atoms with Crippen LogP contribution in [-0.2, 0) is 15.7 Å². The lowest BCUT2D eigenvalue weighted by atomic mass is 9.94. The topological polar surface area (TPSA) is 99.1 Å². The maximum absolute atomic E-state index is 13.2. The molecule has 2 amide bonds. The Morgan fingerprint density at radius 3 is 2.45 bits per heavy atom. The van der Waals surface area contributed by atoms with Crippen molar-refractivity contribution in [2.45, 2.75) is 32.2 Å². The van der Waals surface area contributed by atoms with E-state index in [2.05, 4.69) is 5.32 Å². The maximum Gasteiger partial charge on any atom is 0.416 e. The van der Waals surface area contributed by atoms with Crippen molar-refractivity contribution >= 4 is 17.7 Å². The summed E-state index contributed by atoms with van der Waals surface area (Å²) in [4.78, 5) is 26.9. The second-order valence-corrected chi connectivity index (χ2v) is 7.61. The molecule has 176 valence electrons. The number of aliphatic hydroxyl groups is 2. The monoisotopic (exact) mass is 464 g/mol. The summed E-state index contributed by atoms with van der Waals surface area (Å²) in [5.41, 5.74) is 0.543. The van der Waals surface area contributed by atoms with Crippen molar-refractivity contribution < 1.29 is 37.7 Å². The van der Waals surface area contributed by atoms with E-state index in [0.717, 1.165) is 22.6 Å². The Morgan fingerprint density at radius 2 is 1.85 bits per heavy atom. The zero-order valence-electron chi connectivity index (χ0n) is 17.9. The minimum absolute atomic E-state index is 0.0130. The predicted molar refractivity (Wildman–Crippen MR) is 113 cm³/mol. The molecule has 0 bridgehead atoms. The van der Waals surface area contributed by atoms with Crippen molar-refractivity contribution in [3.05, 3.63) is 76.5 Å². The standard InChI is InChI=1S/C23H23F3N2O5/c1-13-6-8-15(9-7-13)20-19(21(31)33-12-18(30)11-29)14(2)28(22(32)27-20)17-5-3-4-16(10-17)23(24,25)26/h3-10,18,20,29-30H,11-12H2,1-2H3,(H,27,32)/t18?,20-/m1/s1. The summed E-state index contributed by atoms with van der Waals surface area (Å²) in [5.74, 6) is -0.887. The third-order valence-electron chi connectivity index (χ3n) is 5.16. The van der Waals surface area contributed by atoms with Crippen LogP contribution in [0.4, 0.5) is 23.7 Å². The number of nitrogens with one attached hydrogen (secondary N) is 1. The summed E-state index contributed by atoms with van der Waals surface area (Å²) in [6, 6.07) is 9.53. The van der Waals surface area contributed by atoms with Crippen molar-refractivity contribution in [3.63, 3.8) is 0 Å². The number of allylic oxidation sites excluding steroid dienone is 1. The van der Waals surface area contributed by atoms with Gasteiger partial charge in [0.2, 0.25) is 0 Å². The summed E-state index contributed by atoms with van der Waals surface area (Å²) in [6.07, 6.45) is -5.92. The molecule has 33 heavy (non-hydrogen) atoms. The van der Waals surface area contributed by atoms with Gasteiger partial charge in [-0.2, -0.15) is 13.2 Å². The smallest absolute Gasteiger partial charge is 0.416 e. The van der Waals surface area contributed by atoms with Gasteiger partial charge in [0.05, 0.1) is 29.5 Å². The Hall–Kier alpha value is -3.37. The third-order valence-corrected chi connectivity index (χ3v) is 5.16. The lowest BCUT2D eigenvalue weighted by Crippen LogP contribution is -2.48. The van der Waals surface area contributed by atoms with Gasteiger partial charge in [-0.3, -0.25) is 4.90 Å². The molecule has 1 heterocycles. The Morgan fingerprint density at radius 1 is 1.18 bits per heavy atom. The molecule has 0 fully saturated rings. The number of halogens is 3. The Balaban J connectivity index is 2.09. The van der Waals surface area contributed by atoms with Gasteiger partial charge in [0.1, 0.15) is 12.7 Å². The summed E-state index contributed by atoms with van der Waals surface area (Å²) in [6.45, 7) is 2.18. The van der Waals surface area contributed by atoms with E-state index in [1.54, 1.807) is 24.3 Å². The number of ether oxygens (including phenoxy) is 1. The highest BCUT2D eigenvalue weighted by atomic mass is 19.4. The first-order valence-corrected chi connectivity index (χ1v) is 10.0. The minimum atomic E-state index is -4.62. The number of benzene rings is 2. The maximum atomic E-state index is 13.2. The molecule has 2 atom stereocenters. The van der Waals surface area contributed by atoms with Gasteiger partial charge in [-0.05, 0) is 37.6 Å². The van der Waals surface area contributed by atoms with E-state index < -0.39 is 49.1 Å². The summed E-state index contributed by atoms with van der Waals surface area (Å²) < 4.78 is 44.7. The highest BCUT2D eigenvalue weighted by molar-refractivity contribution is 6.03. The number of urea groups is 1. The number of aryl methyl sites for hydroxylation is 1. The molecular weight excluding hydrogens is 441 g/mol. The first-order chi connectivity index (χ1) is 15.5. The number of amides is 2. The van der Waals surface area contributed by atoms with E-state index in [1.165, 1.54) is 19.1 Å². The number of aliphatic hydroxyl groups excluding tert-OH is 2. The molecule has 3 rings (SSSR count). The number of hydrogen-bond acceptors (Lipinski definition) is 5. The lowest BCUT2D eigenvalue weighted by Gasteiger charge is -2.35. The Labute approximate surface area is 188 Å². The second-order valence-electron chi connectivity index (χ2n) is 7.61. The van der Waals surface area contributed by atoms with Crippen LogP contribution in [0.2, 0.25) is 0 Å². The molecule has 3 N–H and O–H groups in total. The largest absolute Gasteiger partial charge is 0.459 e. The van der Waals surface area contributed by atoms with E-state index in [1.807, 2.05) is 6.92 Å². The highest BCUT2D eigenvalue weighted by Crippen LogP contribution is 2.37. The van der Waals surface area contributed by atoms with E-state index in [0.29, 0.717) is 5.56 Å². The zero-order chi connectivity index (χ0) is 24.3. The molecule has 1 aliphatic heterocycles. The molecule has 0 saturated heterocycles. The van der Waals surface area contributed by atoms with Crippen molar-refractivity contribution in [2.75, 3.05) is 18.1 Å². The average molecular weight is 464 g/mol. The lowest BCUT2D eigenvalue weighted by molar-refractivity contribution is -0.143. The Kier molecular flexibility index (Phi) is 7.09. The van der Waals surface area contributed by atoms with Crippen LogP contribution in [0.5, 0.6) is 0 Å². The zero-order valence-corrected chi connectivity index (χ0v) is 17.9. The Bertz CT molecular complexity index is 1070. The number of carbonyl (C=O) groups is 2. The first-order valence-electron chi connectivity index (χ1n) is 10.0. The van der Waals surface area contributed by atoms with Crippen LogP contribution in [0, 0.1) is 6.92 Å². The number of esters is 1. The summed E-state index contributed by atoms with van der Waals surface area (Å²) in [5, 5.41) is 21.2. The fourth-order valence-electron chi connectivity index (χ4n) is 3.45. The molecule has 0 saturated carbocycles. The van der Waals surface area contributed by atoms with Crippen molar-refractivity contribution in [1.29, 1.82) is 0 Å². The molecule has 2 aromatic rings. The molecule has 1 unspecified atom stereocenters. The first kappa shape index (κ1) is 24.3. The SMILES string of the molecule is CC1=C(C(=O)OCC(O)CO)[C@@H](c2ccc(C)cc2)NC(=O)N1c1cccc(C(F)(F)F)c1. The summed E-state index contributed by atoms with van der Waals surface area (Å²) >= 11 is 0. The van der Waals surface area contributed by atoms with E-state index in [-0.39, 0.29) is 17.0 Å². The van der Waals surface area contributed by atoms with Crippen LogP contribution < -0.4 is 10.2 Å². The van der Waals surface area contributed by atoms with Crippen LogP contribution >= 0.6 is 0 Å². The van der Waals surface area contributed by atoms with Gasteiger partial charge >= 0.3 is 18.2 Å². The number of nitrogens with zero attached hydrogens (tertiary/aromatic N) is 1. The van der Waals surface area contributed by atoms with Crippen LogP contribution in [0.25, 0.3) is 0 Å². The average Bonchev–Trinajstić information content (AvgIpc) is 2.77. The molecular formula is C23H23F3N2O5. The third kappa shape index (κ3) is 5.35. The van der Waals surface area contributed by atoms with Gasteiger partial charge in [0.25, 0.3) is 0 Å². The van der Waals surface area contributed by atoms with Crippen molar-refractivity contribution in [3.8, 4) is 0 Å². The molecule has 7 nitrogen and oxygen atoms in total.